The SMILES string of the molecule is Cc1nc(N2CCCC(C)(C)CC2)ncc1CNC(C)C. The van der Waals surface area contributed by atoms with Crippen molar-refractivity contribution in [2.45, 2.75) is 66.5 Å². The zero-order valence-electron chi connectivity index (χ0n) is 14.2. The van der Waals surface area contributed by atoms with Gasteiger partial charge in [-0.3, -0.25) is 0 Å². The predicted octanol–water partition coefficient (Wildman–Crippen LogP) is 3.30. The van der Waals surface area contributed by atoms with Gasteiger partial charge in [0.1, 0.15) is 0 Å². The summed E-state index contributed by atoms with van der Waals surface area (Å²) in [5, 5.41) is 3.43. The van der Waals surface area contributed by atoms with E-state index in [1.54, 1.807) is 0 Å². The Morgan fingerprint density at radius 1 is 1.29 bits per heavy atom. The van der Waals surface area contributed by atoms with Crippen molar-refractivity contribution in [3.05, 3.63) is 17.5 Å². The average molecular weight is 290 g/mol. The minimum atomic E-state index is 0.449. The first kappa shape index (κ1) is 16.2. The van der Waals surface area contributed by atoms with Crippen LogP contribution in [0.4, 0.5) is 5.95 Å². The highest BCUT2D eigenvalue weighted by molar-refractivity contribution is 5.33. The smallest absolute Gasteiger partial charge is 0.225 e. The molecule has 0 aliphatic carbocycles. The van der Waals surface area contributed by atoms with Gasteiger partial charge in [-0.1, -0.05) is 27.7 Å². The number of aromatic nitrogens is 2. The van der Waals surface area contributed by atoms with E-state index in [1.807, 2.05) is 6.20 Å². The number of hydrogen-bond acceptors (Lipinski definition) is 4. The lowest BCUT2D eigenvalue weighted by Crippen LogP contribution is -2.28. The third kappa shape index (κ3) is 4.67. The van der Waals surface area contributed by atoms with Crippen molar-refractivity contribution in [3.63, 3.8) is 0 Å². The number of nitrogens with one attached hydrogen (secondary N) is 1. The second kappa shape index (κ2) is 6.73. The van der Waals surface area contributed by atoms with Gasteiger partial charge in [0.15, 0.2) is 0 Å². The fourth-order valence-electron chi connectivity index (χ4n) is 2.74. The van der Waals surface area contributed by atoms with Crippen molar-refractivity contribution >= 4 is 5.95 Å². The van der Waals surface area contributed by atoms with Crippen LogP contribution in [0.25, 0.3) is 0 Å². The third-order valence-electron chi connectivity index (χ3n) is 4.39. The number of aryl methyl sites for hydroxylation is 1. The summed E-state index contributed by atoms with van der Waals surface area (Å²) in [4.78, 5) is 11.7. The molecule has 1 aliphatic rings. The van der Waals surface area contributed by atoms with Crippen molar-refractivity contribution in [3.8, 4) is 0 Å². The lowest BCUT2D eigenvalue weighted by molar-refractivity contribution is 0.325. The van der Waals surface area contributed by atoms with E-state index in [2.05, 4.69) is 49.8 Å². The molecule has 2 rings (SSSR count). The Morgan fingerprint density at radius 3 is 2.71 bits per heavy atom. The molecule has 1 N–H and O–H groups in total. The zero-order chi connectivity index (χ0) is 15.5. The summed E-state index contributed by atoms with van der Waals surface area (Å²) in [7, 11) is 0. The van der Waals surface area contributed by atoms with Crippen LogP contribution < -0.4 is 10.2 Å². The van der Waals surface area contributed by atoms with Crippen LogP contribution in [0.1, 0.15) is 58.2 Å². The molecule has 0 amide bonds. The first-order valence-electron chi connectivity index (χ1n) is 8.18. The van der Waals surface area contributed by atoms with E-state index in [1.165, 1.54) is 24.8 Å². The van der Waals surface area contributed by atoms with Crippen LogP contribution in [0.5, 0.6) is 0 Å². The second-order valence-corrected chi connectivity index (χ2v) is 7.32. The van der Waals surface area contributed by atoms with Gasteiger partial charge in [0.25, 0.3) is 0 Å². The molecule has 0 aromatic carbocycles. The van der Waals surface area contributed by atoms with Crippen LogP contribution in [0.2, 0.25) is 0 Å². The third-order valence-corrected chi connectivity index (χ3v) is 4.39. The number of rotatable bonds is 4. The minimum Gasteiger partial charge on any atom is -0.341 e. The van der Waals surface area contributed by atoms with Crippen LogP contribution >= 0.6 is 0 Å². The molecule has 0 saturated carbocycles. The monoisotopic (exact) mass is 290 g/mol. The summed E-state index contributed by atoms with van der Waals surface area (Å²) < 4.78 is 0. The molecule has 4 nitrogen and oxygen atoms in total. The van der Waals surface area contributed by atoms with E-state index < -0.39 is 0 Å². The van der Waals surface area contributed by atoms with E-state index in [4.69, 9.17) is 4.98 Å². The van der Waals surface area contributed by atoms with Gasteiger partial charge in [0.2, 0.25) is 5.95 Å². The van der Waals surface area contributed by atoms with Gasteiger partial charge in [0.05, 0.1) is 0 Å². The molecule has 0 spiro atoms. The Hall–Kier alpha value is -1.16. The van der Waals surface area contributed by atoms with E-state index in [0.29, 0.717) is 11.5 Å². The molecule has 1 saturated heterocycles. The van der Waals surface area contributed by atoms with Gasteiger partial charge in [-0.15, -0.1) is 0 Å². The molecule has 1 aromatic heterocycles. The van der Waals surface area contributed by atoms with Crippen molar-refractivity contribution in [2.75, 3.05) is 18.0 Å². The Kier molecular flexibility index (Phi) is 5.20. The fourth-order valence-corrected chi connectivity index (χ4v) is 2.74. The maximum absolute atomic E-state index is 4.74. The molecule has 0 bridgehead atoms. The number of anilines is 1. The Labute approximate surface area is 129 Å². The van der Waals surface area contributed by atoms with Crippen LogP contribution in [0.15, 0.2) is 6.20 Å². The topological polar surface area (TPSA) is 41.1 Å². The molecule has 118 valence electrons. The maximum atomic E-state index is 4.74. The Bertz CT molecular complexity index is 468. The summed E-state index contributed by atoms with van der Waals surface area (Å²) in [6.45, 7) is 14.1. The first-order valence-corrected chi connectivity index (χ1v) is 8.18. The van der Waals surface area contributed by atoms with Crippen molar-refractivity contribution in [1.29, 1.82) is 0 Å². The highest BCUT2D eigenvalue weighted by atomic mass is 15.2. The van der Waals surface area contributed by atoms with E-state index >= 15 is 0 Å². The maximum Gasteiger partial charge on any atom is 0.225 e. The van der Waals surface area contributed by atoms with Crippen molar-refractivity contribution in [1.82, 2.24) is 15.3 Å². The van der Waals surface area contributed by atoms with E-state index in [-0.39, 0.29) is 0 Å². The largest absolute Gasteiger partial charge is 0.341 e. The van der Waals surface area contributed by atoms with Crippen LogP contribution in [-0.4, -0.2) is 29.1 Å². The second-order valence-electron chi connectivity index (χ2n) is 7.32. The molecule has 1 fully saturated rings. The molecule has 4 heteroatoms. The summed E-state index contributed by atoms with van der Waals surface area (Å²) in [6.07, 6.45) is 5.72. The van der Waals surface area contributed by atoms with Crippen LogP contribution in [0.3, 0.4) is 0 Å². The van der Waals surface area contributed by atoms with Crippen molar-refractivity contribution < 1.29 is 0 Å². The summed E-state index contributed by atoms with van der Waals surface area (Å²) in [6, 6.07) is 0.483. The predicted molar refractivity (Wildman–Crippen MR) is 88.6 cm³/mol. The van der Waals surface area contributed by atoms with E-state index in [0.717, 1.165) is 31.3 Å². The van der Waals surface area contributed by atoms with Crippen molar-refractivity contribution in [2.24, 2.45) is 5.41 Å². The lowest BCUT2D eigenvalue weighted by Gasteiger charge is -2.23. The van der Waals surface area contributed by atoms with Crippen LogP contribution in [0, 0.1) is 12.3 Å². The van der Waals surface area contributed by atoms with Crippen LogP contribution in [-0.2, 0) is 6.54 Å². The number of nitrogens with zero attached hydrogens (tertiary/aromatic N) is 3. The molecule has 2 heterocycles. The molecule has 0 atom stereocenters. The van der Waals surface area contributed by atoms with Gasteiger partial charge in [0, 0.05) is 43.1 Å². The lowest BCUT2D eigenvalue weighted by atomic mass is 9.85. The molecular weight excluding hydrogens is 260 g/mol. The highest BCUT2D eigenvalue weighted by Gasteiger charge is 2.24. The van der Waals surface area contributed by atoms with Gasteiger partial charge < -0.3 is 10.2 Å². The average Bonchev–Trinajstić information content (AvgIpc) is 2.58. The quantitative estimate of drug-likeness (QED) is 0.924. The highest BCUT2D eigenvalue weighted by Crippen LogP contribution is 2.30. The normalized spacial score (nSPS) is 18.9. The summed E-state index contributed by atoms with van der Waals surface area (Å²) in [5.41, 5.74) is 2.74. The standard InChI is InChI=1S/C17H30N4/c1-13(2)18-11-15-12-19-16(20-14(15)3)21-9-6-7-17(4,5)8-10-21/h12-13,18H,6-11H2,1-5H3. The zero-order valence-corrected chi connectivity index (χ0v) is 14.2. The summed E-state index contributed by atoms with van der Waals surface area (Å²) >= 11 is 0. The molecule has 0 radical (unpaired) electrons. The minimum absolute atomic E-state index is 0.449. The van der Waals surface area contributed by atoms with Gasteiger partial charge in [-0.2, -0.15) is 0 Å². The van der Waals surface area contributed by atoms with E-state index in [9.17, 15) is 0 Å². The van der Waals surface area contributed by atoms with Gasteiger partial charge >= 0.3 is 0 Å². The Balaban J connectivity index is 2.05. The molecule has 21 heavy (non-hydrogen) atoms. The molecular formula is C17H30N4. The first-order chi connectivity index (χ1) is 9.87. The van der Waals surface area contributed by atoms with Gasteiger partial charge in [-0.05, 0) is 31.6 Å². The molecule has 0 unspecified atom stereocenters. The summed E-state index contributed by atoms with van der Waals surface area (Å²) in [5.74, 6) is 0.901. The Morgan fingerprint density at radius 2 is 2.05 bits per heavy atom. The van der Waals surface area contributed by atoms with Gasteiger partial charge in [-0.25, -0.2) is 9.97 Å². The fraction of sp³-hybridized carbons (Fsp3) is 0.765. The molecule has 1 aliphatic heterocycles. The molecule has 1 aromatic rings. The number of hydrogen-bond donors (Lipinski definition) is 1.